The van der Waals surface area contributed by atoms with E-state index in [-0.39, 0.29) is 0 Å². The average Bonchev–Trinajstić information content (AvgIpc) is 3.56. The lowest BCUT2D eigenvalue weighted by molar-refractivity contribution is -0.405. The molecule has 31 nitrogen and oxygen atoms in total. The number of rotatable bonds is 6. The van der Waals surface area contributed by atoms with E-state index in [4.69, 9.17) is 66.3 Å². The van der Waals surface area contributed by atoms with Gasteiger partial charge < -0.3 is 148 Å². The Morgan fingerprint density at radius 1 is 0.271 bits per heavy atom. The summed E-state index contributed by atoms with van der Waals surface area (Å²) in [4.78, 5) is 12.6. The Hall–Kier alpha value is -1.53. The van der Waals surface area contributed by atoms with Crippen molar-refractivity contribution in [2.24, 2.45) is 0 Å². The van der Waals surface area contributed by atoms with E-state index in [9.17, 15) is 86.5 Å². The van der Waals surface area contributed by atoms with E-state index in [2.05, 4.69) is 0 Å². The predicted molar refractivity (Wildman–Crippen MR) is 208 cm³/mol. The first kappa shape index (κ1) is 54.7. The number of aliphatic hydroxyl groups excluding tert-OH is 16. The average molecular weight is 1030 g/mol. The number of Topliss-reactive ketones (excluding diaryl/α,β-unsaturated/α-hetero) is 1. The Kier molecular flexibility index (Phi) is 18.1. The molecule has 23 rings (SSSR count). The fourth-order valence-corrected chi connectivity index (χ4v) is 9.68. The minimum absolute atomic E-state index is 0.601. The van der Waals surface area contributed by atoms with Crippen LogP contribution in [0.25, 0.3) is 0 Å². The summed E-state index contributed by atoms with van der Waals surface area (Å²) >= 11 is 0. The SMILES string of the molecule is O=C1CO[C@@H]2[C@@H](OC1)[C@H]1O[C@H]3[C@H](O)[C@@H](O)[C@@H](O[C@H]4[C@H](O)[C@@H](O)[C@@H](O[C@H]5[C@H](O)[C@@H](O)[C@@H](O[C@H]6[C@H](O)[C@@H](O)[C@@H](O[C@H]7[C@H](O)[C@@H](O)[C@@H](O[C@@H]2[C@@H](CO)O1)O[C@@H]7CO)O[C@@H]6CO)O[C@@H]5CO)O[C@@H]4CO)O[C@@H]3CO. The summed E-state index contributed by atoms with van der Waals surface area (Å²) in [6, 6.07) is 0. The molecule has 0 aromatic heterocycles. The van der Waals surface area contributed by atoms with Crippen molar-refractivity contribution in [2.45, 2.75) is 184 Å². The standard InChI is InChI=1S/C39H62O31/c40-1-10-26-16(47)21(52)34(59-10)66-27-11(2-41)61-36(23(54)17(27)48)68-29-13(4-43)63-38(25(56)19(29)50)70-31-15(6-45)64-39(33-32(31)57-7-9(46)8-58-33)69-30-14(5-44)62-37(24(55)20(30)51)67-28-12(3-42)60-35(65-26)22(53)18(28)49/h10-45,47-56H,1-8H2/t10-,11-,12-,13-,14-,15-,16-,17-,18-,19-,20-,21-,22-,23-,24-,25-,26-,27-,28-,29-,30-,31-,32+,33-,34-,35-,36-,37-,38-,39-/m1/s1. The number of ketones is 1. The van der Waals surface area contributed by atoms with Crippen molar-refractivity contribution in [3.8, 4) is 0 Å². The Labute approximate surface area is 395 Å². The van der Waals surface area contributed by atoms with Crippen LogP contribution in [0.2, 0.25) is 0 Å². The predicted octanol–water partition coefficient (Wildman–Crippen LogP) is -12.4. The van der Waals surface area contributed by atoms with Gasteiger partial charge in [-0.3, -0.25) is 4.79 Å². The van der Waals surface area contributed by atoms with Crippen LogP contribution in [0, 0.1) is 0 Å². The molecular formula is C39H62O31. The van der Waals surface area contributed by atoms with Crippen molar-refractivity contribution in [2.75, 3.05) is 52.9 Å². The molecule has 0 aromatic carbocycles. The molecule has 23 fully saturated rings. The maximum Gasteiger partial charge on any atom is 0.187 e. The number of carbonyl (C=O) groups excluding carboxylic acids is 1. The second-order valence-electron chi connectivity index (χ2n) is 18.0. The highest BCUT2D eigenvalue weighted by molar-refractivity contribution is 5.81. The molecule has 0 aromatic rings. The molecule has 404 valence electrons. The van der Waals surface area contributed by atoms with E-state index in [1.807, 2.05) is 0 Å². The maximum atomic E-state index is 12.6. The summed E-state index contributed by atoms with van der Waals surface area (Å²) in [5.74, 6) is -0.601. The van der Waals surface area contributed by atoms with Gasteiger partial charge in [0.05, 0.1) is 39.6 Å². The van der Waals surface area contributed by atoms with E-state index >= 15 is 0 Å². The number of hydrogen-bond donors (Lipinski definition) is 16. The lowest BCUT2D eigenvalue weighted by Crippen LogP contribution is -2.69. The Balaban J connectivity index is 1.12. The van der Waals surface area contributed by atoms with Crippen molar-refractivity contribution in [1.82, 2.24) is 0 Å². The largest absolute Gasteiger partial charge is 0.394 e. The van der Waals surface area contributed by atoms with Gasteiger partial charge in [-0.25, -0.2) is 0 Å². The fraction of sp³-hybridized carbons (Fsp3) is 0.974. The molecule has 0 aliphatic carbocycles. The summed E-state index contributed by atoms with van der Waals surface area (Å²) < 4.78 is 81.3. The summed E-state index contributed by atoms with van der Waals surface area (Å²) in [5, 5.41) is 176. The molecule has 23 aliphatic heterocycles. The first-order valence-corrected chi connectivity index (χ1v) is 22.5. The van der Waals surface area contributed by atoms with Crippen molar-refractivity contribution < 1.29 is 153 Å². The minimum Gasteiger partial charge on any atom is -0.394 e. The third-order valence-corrected chi connectivity index (χ3v) is 13.5. The molecule has 23 aliphatic rings. The van der Waals surface area contributed by atoms with E-state index in [1.54, 1.807) is 0 Å². The van der Waals surface area contributed by atoms with Crippen LogP contribution in [0.3, 0.4) is 0 Å². The lowest BCUT2D eigenvalue weighted by atomic mass is 9.94. The van der Waals surface area contributed by atoms with Crippen LogP contribution in [-0.2, 0) is 71.1 Å². The van der Waals surface area contributed by atoms with Crippen LogP contribution < -0.4 is 0 Å². The number of aliphatic hydroxyl groups is 16. The highest BCUT2D eigenvalue weighted by atomic mass is 16.8. The van der Waals surface area contributed by atoms with Crippen LogP contribution in [0.1, 0.15) is 0 Å². The first-order chi connectivity index (χ1) is 33.5. The molecule has 12 bridgehead atoms. The highest BCUT2D eigenvalue weighted by Crippen LogP contribution is 2.39. The van der Waals surface area contributed by atoms with Gasteiger partial charge in [0.15, 0.2) is 43.5 Å². The Morgan fingerprint density at radius 2 is 0.486 bits per heavy atom. The molecule has 31 heteroatoms. The molecular weight excluding hydrogens is 964 g/mol. The summed E-state index contributed by atoms with van der Waals surface area (Å²) in [6.07, 6.45) is -56.2. The zero-order chi connectivity index (χ0) is 50.5. The smallest absolute Gasteiger partial charge is 0.187 e. The van der Waals surface area contributed by atoms with E-state index in [1.165, 1.54) is 0 Å². The van der Waals surface area contributed by atoms with Gasteiger partial charge in [-0.15, -0.1) is 0 Å². The zero-order valence-electron chi connectivity index (χ0n) is 36.8. The second kappa shape index (κ2) is 23.2. The van der Waals surface area contributed by atoms with Gasteiger partial charge in [0.1, 0.15) is 160 Å². The summed E-state index contributed by atoms with van der Waals surface area (Å²) in [6.45, 7) is -7.06. The van der Waals surface area contributed by atoms with Crippen molar-refractivity contribution >= 4 is 5.78 Å². The molecule has 30 atom stereocenters. The number of carbonyl (C=O) groups is 1. The van der Waals surface area contributed by atoms with Crippen molar-refractivity contribution in [1.29, 1.82) is 0 Å². The van der Waals surface area contributed by atoms with Crippen LogP contribution in [0.5, 0.6) is 0 Å². The summed E-state index contributed by atoms with van der Waals surface area (Å²) in [7, 11) is 0. The van der Waals surface area contributed by atoms with E-state index in [0.29, 0.717) is 0 Å². The monoisotopic (exact) mass is 1030 g/mol. The topological polar surface area (TPSA) is 470 Å². The highest BCUT2D eigenvalue weighted by Gasteiger charge is 2.59. The third-order valence-electron chi connectivity index (χ3n) is 13.5. The van der Waals surface area contributed by atoms with Gasteiger partial charge >= 0.3 is 0 Å². The molecule has 0 unspecified atom stereocenters. The molecule has 70 heavy (non-hydrogen) atoms. The molecule has 0 amide bonds. The zero-order valence-corrected chi connectivity index (χ0v) is 36.8. The van der Waals surface area contributed by atoms with Crippen molar-refractivity contribution in [3.63, 3.8) is 0 Å². The minimum atomic E-state index is -2.15. The fourth-order valence-electron chi connectivity index (χ4n) is 9.68. The van der Waals surface area contributed by atoms with Crippen LogP contribution >= 0.6 is 0 Å². The van der Waals surface area contributed by atoms with E-state index in [0.717, 1.165) is 0 Å². The van der Waals surface area contributed by atoms with E-state index < -0.39 is 243 Å². The summed E-state index contributed by atoms with van der Waals surface area (Å²) in [5.41, 5.74) is 0. The third kappa shape index (κ3) is 10.5. The van der Waals surface area contributed by atoms with Crippen LogP contribution in [-0.4, -0.2) is 325 Å². The Bertz CT molecular complexity index is 1680. The van der Waals surface area contributed by atoms with Gasteiger partial charge in [0.2, 0.25) is 0 Å². The van der Waals surface area contributed by atoms with Gasteiger partial charge in [-0.2, -0.15) is 0 Å². The van der Waals surface area contributed by atoms with Gasteiger partial charge in [-0.05, 0) is 0 Å². The normalized spacial score (nSPS) is 54.0. The van der Waals surface area contributed by atoms with Gasteiger partial charge in [-0.1, -0.05) is 0 Å². The molecule has 0 spiro atoms. The lowest BCUT2D eigenvalue weighted by Gasteiger charge is -2.51. The Morgan fingerprint density at radius 3 is 0.757 bits per heavy atom. The van der Waals surface area contributed by atoms with Crippen molar-refractivity contribution in [3.05, 3.63) is 0 Å². The molecule has 0 saturated carbocycles. The number of hydrogen-bond acceptors (Lipinski definition) is 31. The second-order valence-corrected chi connectivity index (χ2v) is 18.0. The van der Waals surface area contributed by atoms with Gasteiger partial charge in [0, 0.05) is 0 Å². The molecule has 23 saturated heterocycles. The molecule has 23 heterocycles. The maximum absolute atomic E-state index is 12.6. The first-order valence-electron chi connectivity index (χ1n) is 22.5. The van der Waals surface area contributed by atoms with Gasteiger partial charge in [0.25, 0.3) is 0 Å². The molecule has 0 radical (unpaired) electrons. The quantitative estimate of drug-likeness (QED) is 0.117. The molecule has 16 N–H and O–H groups in total. The van der Waals surface area contributed by atoms with Crippen LogP contribution in [0.4, 0.5) is 0 Å². The number of ether oxygens (including phenoxy) is 14. The van der Waals surface area contributed by atoms with Crippen LogP contribution in [0.15, 0.2) is 0 Å².